The Labute approximate surface area is 348 Å². The van der Waals surface area contributed by atoms with Crippen molar-refractivity contribution in [3.63, 3.8) is 0 Å². The van der Waals surface area contributed by atoms with Gasteiger partial charge in [-0.2, -0.15) is 0 Å². The Hall–Kier alpha value is -4.88. The normalized spacial score (nSPS) is 27.5. The third-order valence-corrected chi connectivity index (χ3v) is 11.8. The average Bonchev–Trinajstić information content (AvgIpc) is 3.83. The summed E-state index contributed by atoms with van der Waals surface area (Å²) in [6.45, 7) is 5.37. The van der Waals surface area contributed by atoms with Crippen LogP contribution in [0.1, 0.15) is 64.9 Å². The lowest BCUT2D eigenvalue weighted by atomic mass is 9.99. The molecule has 0 radical (unpaired) electrons. The van der Waals surface area contributed by atoms with E-state index in [0.29, 0.717) is 37.4 Å². The predicted molar refractivity (Wildman–Crippen MR) is 214 cm³/mol. The summed E-state index contributed by atoms with van der Waals surface area (Å²) in [4.78, 5) is 102. The Morgan fingerprint density at radius 2 is 1.50 bits per heavy atom. The average molecular weight is 920 g/mol. The number of piperidine rings is 1. The summed E-state index contributed by atoms with van der Waals surface area (Å²) in [6.07, 6.45) is 0.811. The highest BCUT2D eigenvalue weighted by Gasteiger charge is 2.47. The minimum atomic E-state index is -1.62. The number of nitrogens with one attached hydrogen (secondary N) is 4. The molecule has 0 saturated carbocycles. The maximum Gasteiger partial charge on any atom is 0.329 e. The largest absolute Gasteiger partial charge is 0.458 e. The number of hydrogen-bond acceptors (Lipinski definition) is 8. The van der Waals surface area contributed by atoms with Crippen molar-refractivity contribution in [3.05, 3.63) is 63.2 Å². The molecule has 4 aliphatic heterocycles. The first kappa shape index (κ1) is 42.7. The third-order valence-electron chi connectivity index (χ3n) is 11.1. The van der Waals surface area contributed by atoms with Gasteiger partial charge in [-0.15, -0.1) is 0 Å². The zero-order valence-corrected chi connectivity index (χ0v) is 34.6. The number of nitrogens with zero attached hydrogens (tertiary/aromatic N) is 3. The van der Waals surface area contributed by atoms with Gasteiger partial charge in [-0.25, -0.2) is 18.4 Å². The molecule has 8 atom stereocenters. The van der Waals surface area contributed by atoms with E-state index in [1.54, 1.807) is 24.3 Å². The maximum absolute atomic E-state index is 14.7. The molecule has 4 N–H and O–H groups in total. The molecular formula is C40H48F2IN7O8. The van der Waals surface area contributed by atoms with Crippen LogP contribution in [0.15, 0.2) is 42.5 Å². The highest BCUT2D eigenvalue weighted by Crippen LogP contribution is 2.29. The van der Waals surface area contributed by atoms with Crippen LogP contribution in [0, 0.1) is 21.1 Å². The van der Waals surface area contributed by atoms with Gasteiger partial charge in [-0.1, -0.05) is 6.92 Å². The molecular weight excluding hydrogens is 871 g/mol. The van der Waals surface area contributed by atoms with E-state index in [4.69, 9.17) is 4.74 Å². The van der Waals surface area contributed by atoms with Gasteiger partial charge < -0.3 is 40.7 Å². The summed E-state index contributed by atoms with van der Waals surface area (Å²) in [5, 5.41) is 10.6. The SMILES string of the molecule is C[C@H]1C[C@H]2C(=O)O[C@@H](C)[C@H](NC(=O)[C@H](Cc3cc(F)cc(F)c3)NC(=O)Nc3ccc(I)cc3)C(=O)N3CCC[C@H]3C(=O)N3CCCC[C@H]3C(=O)N[C@@H](C)C(=O)N2C1. The Kier molecular flexibility index (Phi) is 13.5. The fourth-order valence-electron chi connectivity index (χ4n) is 8.25. The first-order chi connectivity index (χ1) is 27.6. The van der Waals surface area contributed by atoms with Gasteiger partial charge in [0.2, 0.25) is 29.5 Å². The number of halogens is 3. The van der Waals surface area contributed by atoms with Crippen LogP contribution >= 0.6 is 22.6 Å². The third kappa shape index (κ3) is 9.86. The lowest BCUT2D eigenvalue weighted by Crippen LogP contribution is -2.63. The summed E-state index contributed by atoms with van der Waals surface area (Å²) in [6, 6.07) is 1.51. The highest BCUT2D eigenvalue weighted by molar-refractivity contribution is 14.1. The smallest absolute Gasteiger partial charge is 0.329 e. The number of carbonyl (C=O) groups excluding carboxylic acids is 7. The van der Waals surface area contributed by atoms with E-state index in [1.807, 2.05) is 6.92 Å². The van der Waals surface area contributed by atoms with Crippen molar-refractivity contribution in [2.45, 2.75) is 108 Å². The predicted octanol–water partition coefficient (Wildman–Crippen LogP) is 2.85. The number of rotatable bonds is 6. The molecule has 15 nitrogen and oxygen atoms in total. The molecule has 7 amide bonds. The minimum absolute atomic E-state index is 0.0238. The Morgan fingerprint density at radius 1 is 0.845 bits per heavy atom. The molecule has 0 bridgehead atoms. The molecule has 4 heterocycles. The van der Waals surface area contributed by atoms with E-state index in [1.165, 1.54) is 28.5 Å². The molecule has 18 heteroatoms. The number of benzene rings is 2. The van der Waals surface area contributed by atoms with Gasteiger partial charge in [0.05, 0.1) is 0 Å². The summed E-state index contributed by atoms with van der Waals surface area (Å²) < 4.78 is 35.4. The molecule has 6 rings (SSSR count). The number of ether oxygens (including phenoxy) is 1. The van der Waals surface area contributed by atoms with Crippen molar-refractivity contribution in [2.75, 3.05) is 25.0 Å². The number of cyclic esters (lactones) is 1. The second-order valence-corrected chi connectivity index (χ2v) is 16.8. The summed E-state index contributed by atoms with van der Waals surface area (Å²) >= 11 is 2.10. The van der Waals surface area contributed by atoms with Gasteiger partial charge in [0.15, 0.2) is 0 Å². The van der Waals surface area contributed by atoms with Gasteiger partial charge >= 0.3 is 12.0 Å². The van der Waals surface area contributed by atoms with E-state index in [2.05, 4.69) is 43.9 Å². The van der Waals surface area contributed by atoms with E-state index in [-0.39, 0.29) is 44.0 Å². The number of fused-ring (bicyclic) bond motifs is 3. The quantitative estimate of drug-likeness (QED) is 0.252. The number of anilines is 1. The van der Waals surface area contributed by atoms with E-state index in [9.17, 15) is 42.3 Å². The summed E-state index contributed by atoms with van der Waals surface area (Å²) in [7, 11) is 0. The topological polar surface area (TPSA) is 187 Å². The molecule has 2 aromatic carbocycles. The van der Waals surface area contributed by atoms with Crippen LogP contribution in [0.3, 0.4) is 0 Å². The monoisotopic (exact) mass is 919 g/mol. The summed E-state index contributed by atoms with van der Waals surface area (Å²) in [5.41, 5.74) is 0.416. The van der Waals surface area contributed by atoms with Gasteiger partial charge in [0, 0.05) is 41.4 Å². The number of urea groups is 1. The van der Waals surface area contributed by atoms with Crippen molar-refractivity contribution in [3.8, 4) is 0 Å². The molecule has 2 aromatic rings. The van der Waals surface area contributed by atoms with Crippen LogP contribution in [0.25, 0.3) is 0 Å². The lowest BCUT2D eigenvalue weighted by Gasteiger charge is -2.39. The van der Waals surface area contributed by atoms with Crippen LogP contribution in [-0.2, 0) is 39.9 Å². The van der Waals surface area contributed by atoms with Gasteiger partial charge in [-0.05, 0) is 123 Å². The van der Waals surface area contributed by atoms with Crippen LogP contribution in [0.2, 0.25) is 0 Å². The molecule has 312 valence electrons. The standard InChI is InChI=1S/C40H48F2IN7O8/c1-21-15-32-39(56)58-23(3)33(47-34(51)29(18-24-16-25(41)19-26(42)17-24)46-40(57)45-28-11-9-27(43)10-12-28)38(55)49-14-6-8-31(49)37(54)48-13-5-4-7-30(48)35(52)44-22(2)36(53)50(32)20-21/h9-12,16-17,19,21-23,29-33H,4-8,13-15,18,20H2,1-3H3,(H,44,52)(H,47,51)(H2,45,46,57)/t21-,22-,23-,29-,30-,31-,32-,33-/m0/s1. The Bertz CT molecular complexity index is 1920. The highest BCUT2D eigenvalue weighted by atomic mass is 127. The second-order valence-electron chi connectivity index (χ2n) is 15.6. The molecule has 4 fully saturated rings. The molecule has 4 saturated heterocycles. The number of hydrogen-bond donors (Lipinski definition) is 4. The van der Waals surface area contributed by atoms with E-state index >= 15 is 0 Å². The first-order valence-corrected chi connectivity index (χ1v) is 20.7. The van der Waals surface area contributed by atoms with Gasteiger partial charge in [-0.3, -0.25) is 24.0 Å². The van der Waals surface area contributed by atoms with Gasteiger partial charge in [0.1, 0.15) is 54.0 Å². The molecule has 4 aliphatic rings. The zero-order valence-electron chi connectivity index (χ0n) is 32.5. The molecule has 58 heavy (non-hydrogen) atoms. The number of carbonyl (C=O) groups is 7. The maximum atomic E-state index is 14.7. The van der Waals surface area contributed by atoms with E-state index in [0.717, 1.165) is 15.7 Å². The van der Waals surface area contributed by atoms with Crippen molar-refractivity contribution in [1.29, 1.82) is 0 Å². The first-order valence-electron chi connectivity index (χ1n) is 19.6. The zero-order chi connectivity index (χ0) is 41.8. The number of esters is 1. The van der Waals surface area contributed by atoms with Crippen LogP contribution < -0.4 is 21.3 Å². The van der Waals surface area contributed by atoms with Crippen molar-refractivity contribution >= 4 is 69.8 Å². The van der Waals surface area contributed by atoms with E-state index < -0.39 is 102 Å². The molecule has 0 spiro atoms. The van der Waals surface area contributed by atoms with Crippen LogP contribution in [0.4, 0.5) is 19.3 Å². The van der Waals surface area contributed by atoms with Crippen molar-refractivity contribution in [1.82, 2.24) is 30.7 Å². The minimum Gasteiger partial charge on any atom is -0.458 e. The van der Waals surface area contributed by atoms with Gasteiger partial charge in [0.25, 0.3) is 0 Å². The second kappa shape index (κ2) is 18.4. The fraction of sp³-hybridized carbons (Fsp3) is 0.525. The molecule has 0 aliphatic carbocycles. The van der Waals surface area contributed by atoms with Crippen molar-refractivity contribution < 1.29 is 47.1 Å². The van der Waals surface area contributed by atoms with Crippen molar-refractivity contribution in [2.24, 2.45) is 5.92 Å². The summed E-state index contributed by atoms with van der Waals surface area (Å²) in [5.74, 6) is -5.95. The molecule has 0 aromatic heterocycles. The van der Waals surface area contributed by atoms with Crippen LogP contribution in [-0.4, -0.2) is 118 Å². The molecule has 0 unspecified atom stereocenters. The fourth-order valence-corrected chi connectivity index (χ4v) is 8.61. The number of amides is 7. The Morgan fingerprint density at radius 3 is 2.21 bits per heavy atom. The Balaban J connectivity index is 1.34. The lowest BCUT2D eigenvalue weighted by molar-refractivity contribution is -0.163. The van der Waals surface area contributed by atoms with Crippen LogP contribution in [0.5, 0.6) is 0 Å².